The van der Waals surface area contributed by atoms with Crippen molar-refractivity contribution in [3.8, 4) is 5.75 Å². The van der Waals surface area contributed by atoms with E-state index in [2.05, 4.69) is 20.9 Å². The maximum Gasteiger partial charge on any atom is 0.131 e. The maximum atomic E-state index is 13.7. The van der Waals surface area contributed by atoms with Gasteiger partial charge in [-0.3, -0.25) is 4.98 Å². The first-order valence-electron chi connectivity index (χ1n) is 5.83. The summed E-state index contributed by atoms with van der Waals surface area (Å²) >= 11 is 3.33. The summed E-state index contributed by atoms with van der Waals surface area (Å²) in [5, 5.41) is 0. The van der Waals surface area contributed by atoms with Crippen molar-refractivity contribution in [1.82, 2.24) is 4.98 Å². The first-order chi connectivity index (χ1) is 9.06. The molecule has 0 fully saturated rings. The van der Waals surface area contributed by atoms with Gasteiger partial charge in [0.15, 0.2) is 0 Å². The summed E-state index contributed by atoms with van der Waals surface area (Å²) < 4.78 is 20.1. The number of benzene rings is 1. The van der Waals surface area contributed by atoms with E-state index in [1.165, 1.54) is 6.07 Å². The molecule has 0 aliphatic carbocycles. The first-order valence-corrected chi connectivity index (χ1v) is 6.63. The Labute approximate surface area is 119 Å². The highest BCUT2D eigenvalue weighted by molar-refractivity contribution is 9.10. The van der Waals surface area contributed by atoms with Crippen molar-refractivity contribution in [2.24, 2.45) is 5.73 Å². The minimum Gasteiger partial charge on any atom is -0.489 e. The van der Waals surface area contributed by atoms with E-state index in [9.17, 15) is 4.39 Å². The van der Waals surface area contributed by atoms with Gasteiger partial charge in [-0.25, -0.2) is 4.39 Å². The van der Waals surface area contributed by atoms with Gasteiger partial charge in [-0.1, -0.05) is 6.07 Å². The molecule has 19 heavy (non-hydrogen) atoms. The average Bonchev–Trinajstić information content (AvgIpc) is 2.36. The fourth-order valence-corrected chi connectivity index (χ4v) is 2.08. The molecular weight excluding hydrogens is 311 g/mol. The second-order valence-corrected chi connectivity index (χ2v) is 5.19. The summed E-state index contributed by atoms with van der Waals surface area (Å²) in [4.78, 5) is 4.03. The van der Waals surface area contributed by atoms with Crippen LogP contribution in [0.2, 0.25) is 0 Å². The molecule has 0 saturated carbocycles. The quantitative estimate of drug-likeness (QED) is 0.935. The predicted octanol–water partition coefficient (Wildman–Crippen LogP) is 3.58. The van der Waals surface area contributed by atoms with E-state index in [0.29, 0.717) is 17.9 Å². The highest BCUT2D eigenvalue weighted by Gasteiger charge is 2.08. The van der Waals surface area contributed by atoms with Gasteiger partial charge in [0.05, 0.1) is 0 Å². The van der Waals surface area contributed by atoms with Crippen LogP contribution < -0.4 is 10.5 Å². The van der Waals surface area contributed by atoms with Gasteiger partial charge in [0.25, 0.3) is 0 Å². The molecule has 0 amide bonds. The van der Waals surface area contributed by atoms with Crippen LogP contribution in [0.15, 0.2) is 41.1 Å². The first kappa shape index (κ1) is 14.0. The molecule has 1 aromatic heterocycles. The normalized spacial score (nSPS) is 12.2. The van der Waals surface area contributed by atoms with Crippen molar-refractivity contribution < 1.29 is 9.13 Å². The Bertz CT molecular complexity index is 575. The molecule has 2 aromatic rings. The van der Waals surface area contributed by atoms with Gasteiger partial charge in [-0.05, 0) is 35.0 Å². The third-order valence-corrected chi connectivity index (χ3v) is 3.06. The fraction of sp³-hybridized carbons (Fsp3) is 0.214. The Morgan fingerprint density at radius 3 is 2.79 bits per heavy atom. The zero-order valence-electron chi connectivity index (χ0n) is 10.4. The summed E-state index contributed by atoms with van der Waals surface area (Å²) in [6, 6.07) is 6.29. The number of nitrogens with two attached hydrogens (primary N) is 1. The number of aromatic nitrogens is 1. The number of hydrogen-bond acceptors (Lipinski definition) is 3. The van der Waals surface area contributed by atoms with E-state index in [1.54, 1.807) is 31.5 Å². The van der Waals surface area contributed by atoms with Crippen LogP contribution in [0.1, 0.15) is 24.1 Å². The lowest BCUT2D eigenvalue weighted by atomic mass is 10.1. The molecule has 0 aliphatic heterocycles. The van der Waals surface area contributed by atoms with E-state index in [0.717, 1.165) is 10.0 Å². The molecule has 0 spiro atoms. The Hall–Kier alpha value is -1.46. The van der Waals surface area contributed by atoms with Crippen molar-refractivity contribution >= 4 is 15.9 Å². The molecule has 0 bridgehead atoms. The van der Waals surface area contributed by atoms with Crippen LogP contribution >= 0.6 is 15.9 Å². The molecule has 1 heterocycles. The van der Waals surface area contributed by atoms with Gasteiger partial charge in [-0.15, -0.1) is 0 Å². The Kier molecular flexibility index (Phi) is 4.50. The molecular formula is C14H14BrFN2O. The molecule has 5 heteroatoms. The van der Waals surface area contributed by atoms with Gasteiger partial charge in [0.2, 0.25) is 0 Å². The molecule has 0 radical (unpaired) electrons. The Morgan fingerprint density at radius 2 is 2.16 bits per heavy atom. The van der Waals surface area contributed by atoms with Crippen molar-refractivity contribution in [3.63, 3.8) is 0 Å². The SMILES string of the molecule is CC(N)c1ccc(OCc2cncc(Br)c2)cc1F. The summed E-state index contributed by atoms with van der Waals surface area (Å²) in [6.07, 6.45) is 3.40. The molecule has 2 N–H and O–H groups in total. The van der Waals surface area contributed by atoms with Crippen molar-refractivity contribution in [2.45, 2.75) is 19.6 Å². The van der Waals surface area contributed by atoms with Crippen LogP contribution in [-0.2, 0) is 6.61 Å². The van der Waals surface area contributed by atoms with Crippen molar-refractivity contribution in [3.05, 3.63) is 58.1 Å². The number of hydrogen-bond donors (Lipinski definition) is 1. The number of nitrogens with zero attached hydrogens (tertiary/aromatic N) is 1. The Balaban J connectivity index is 2.06. The number of rotatable bonds is 4. The lowest BCUT2D eigenvalue weighted by Gasteiger charge is -2.10. The monoisotopic (exact) mass is 324 g/mol. The molecule has 3 nitrogen and oxygen atoms in total. The van der Waals surface area contributed by atoms with Crippen LogP contribution in [0.25, 0.3) is 0 Å². The lowest BCUT2D eigenvalue weighted by Crippen LogP contribution is -2.07. The second-order valence-electron chi connectivity index (χ2n) is 4.27. The van der Waals surface area contributed by atoms with Crippen LogP contribution in [0, 0.1) is 5.82 Å². The number of pyridine rings is 1. The zero-order chi connectivity index (χ0) is 13.8. The molecule has 100 valence electrons. The standard InChI is InChI=1S/C14H14BrFN2O/c1-9(17)13-3-2-12(5-14(13)16)19-8-10-4-11(15)7-18-6-10/h2-7,9H,8,17H2,1H3. The largest absolute Gasteiger partial charge is 0.489 e. The van der Waals surface area contributed by atoms with Crippen LogP contribution in [0.3, 0.4) is 0 Å². The van der Waals surface area contributed by atoms with Gasteiger partial charge >= 0.3 is 0 Å². The van der Waals surface area contributed by atoms with Crippen LogP contribution in [0.5, 0.6) is 5.75 Å². The third-order valence-electron chi connectivity index (χ3n) is 2.63. The summed E-state index contributed by atoms with van der Waals surface area (Å²) in [7, 11) is 0. The van der Waals surface area contributed by atoms with Crippen molar-refractivity contribution in [1.29, 1.82) is 0 Å². The second kappa shape index (κ2) is 6.12. The minimum absolute atomic E-state index is 0.330. The van der Waals surface area contributed by atoms with E-state index >= 15 is 0 Å². The molecule has 0 aliphatic rings. The van der Waals surface area contributed by atoms with E-state index in [4.69, 9.17) is 10.5 Å². The molecule has 1 unspecified atom stereocenters. The Morgan fingerprint density at radius 1 is 1.37 bits per heavy atom. The molecule has 2 rings (SSSR count). The summed E-state index contributed by atoms with van der Waals surface area (Å²) in [5.41, 5.74) is 7.04. The minimum atomic E-state index is -0.347. The highest BCUT2D eigenvalue weighted by Crippen LogP contribution is 2.21. The van der Waals surface area contributed by atoms with Crippen LogP contribution in [-0.4, -0.2) is 4.98 Å². The van der Waals surface area contributed by atoms with E-state index in [1.807, 2.05) is 6.07 Å². The topological polar surface area (TPSA) is 48.1 Å². The fourth-order valence-electron chi connectivity index (χ4n) is 1.67. The maximum absolute atomic E-state index is 13.7. The number of halogens is 2. The van der Waals surface area contributed by atoms with Gasteiger partial charge in [-0.2, -0.15) is 0 Å². The van der Waals surface area contributed by atoms with Gasteiger partial charge in [0, 0.05) is 40.1 Å². The zero-order valence-corrected chi connectivity index (χ0v) is 12.0. The van der Waals surface area contributed by atoms with Gasteiger partial charge < -0.3 is 10.5 Å². The van der Waals surface area contributed by atoms with Gasteiger partial charge in [0.1, 0.15) is 18.2 Å². The molecule has 0 saturated heterocycles. The number of ether oxygens (including phenoxy) is 1. The molecule has 1 atom stereocenters. The summed E-state index contributed by atoms with van der Waals surface area (Å²) in [5.74, 6) is 0.127. The predicted molar refractivity (Wildman–Crippen MR) is 75.3 cm³/mol. The molecule has 1 aromatic carbocycles. The van der Waals surface area contributed by atoms with Crippen molar-refractivity contribution in [2.75, 3.05) is 0 Å². The highest BCUT2D eigenvalue weighted by atomic mass is 79.9. The average molecular weight is 325 g/mol. The van der Waals surface area contributed by atoms with E-state index in [-0.39, 0.29) is 11.9 Å². The van der Waals surface area contributed by atoms with E-state index < -0.39 is 0 Å². The lowest BCUT2D eigenvalue weighted by molar-refractivity contribution is 0.303. The summed E-state index contributed by atoms with van der Waals surface area (Å²) in [6.45, 7) is 2.08. The smallest absolute Gasteiger partial charge is 0.131 e. The van der Waals surface area contributed by atoms with Crippen LogP contribution in [0.4, 0.5) is 4.39 Å². The third kappa shape index (κ3) is 3.75.